The molecular weight excluding hydrogens is 331 g/mol. The molecule has 0 aromatic heterocycles. The number of likely N-dealkylation sites (tertiary alicyclic amines) is 1. The van der Waals surface area contributed by atoms with E-state index in [-0.39, 0.29) is 24.4 Å². The predicted molar refractivity (Wildman–Crippen MR) is 99.5 cm³/mol. The molecule has 2 aromatic rings. The highest BCUT2D eigenvalue weighted by Gasteiger charge is 2.27. The minimum Gasteiger partial charge on any atom is -0.488 e. The molecule has 1 aliphatic heterocycles. The van der Waals surface area contributed by atoms with Crippen LogP contribution >= 0.6 is 0 Å². The second-order valence-corrected chi connectivity index (χ2v) is 6.92. The summed E-state index contributed by atoms with van der Waals surface area (Å²) in [7, 11) is 0. The summed E-state index contributed by atoms with van der Waals surface area (Å²) in [5.41, 5.74) is 7.44. The van der Waals surface area contributed by atoms with Gasteiger partial charge >= 0.3 is 0 Å². The van der Waals surface area contributed by atoms with E-state index >= 15 is 0 Å². The Hall–Kier alpha value is -2.40. The van der Waals surface area contributed by atoms with E-state index in [1.165, 1.54) is 12.1 Å². The maximum atomic E-state index is 13.0. The molecule has 2 atom stereocenters. The van der Waals surface area contributed by atoms with Crippen molar-refractivity contribution in [2.24, 2.45) is 11.7 Å². The van der Waals surface area contributed by atoms with Crippen LogP contribution in [0.15, 0.2) is 48.5 Å². The third-order valence-electron chi connectivity index (χ3n) is 4.91. The smallest absolute Gasteiger partial charge is 0.257 e. The van der Waals surface area contributed by atoms with Gasteiger partial charge in [-0.15, -0.1) is 0 Å². The van der Waals surface area contributed by atoms with Crippen molar-refractivity contribution in [1.29, 1.82) is 0 Å². The lowest BCUT2D eigenvalue weighted by Gasteiger charge is -2.35. The van der Waals surface area contributed by atoms with Gasteiger partial charge in [-0.2, -0.15) is 0 Å². The van der Waals surface area contributed by atoms with Crippen molar-refractivity contribution in [2.45, 2.75) is 32.4 Å². The molecule has 0 unspecified atom stereocenters. The molecule has 2 aromatic carbocycles. The Morgan fingerprint density at radius 2 is 2.00 bits per heavy atom. The Bertz CT molecular complexity index is 746. The first-order chi connectivity index (χ1) is 12.5. The lowest BCUT2D eigenvalue weighted by Crippen LogP contribution is -2.45. The highest BCUT2D eigenvalue weighted by atomic mass is 19.1. The van der Waals surface area contributed by atoms with E-state index in [2.05, 4.69) is 0 Å². The van der Waals surface area contributed by atoms with Crippen molar-refractivity contribution in [2.75, 3.05) is 13.1 Å². The summed E-state index contributed by atoms with van der Waals surface area (Å²) in [5.74, 6) is 0.577. The molecule has 5 heteroatoms. The molecule has 1 saturated heterocycles. The van der Waals surface area contributed by atoms with Crippen LogP contribution in [-0.2, 0) is 6.61 Å². The van der Waals surface area contributed by atoms with Crippen molar-refractivity contribution in [3.05, 3.63) is 65.5 Å². The summed E-state index contributed by atoms with van der Waals surface area (Å²) in [6, 6.07) is 13.5. The number of nitrogens with zero attached hydrogens (tertiary/aromatic N) is 1. The van der Waals surface area contributed by atoms with E-state index in [4.69, 9.17) is 10.5 Å². The fraction of sp³-hybridized carbons (Fsp3) is 0.381. The normalized spacial score (nSPS) is 18.4. The van der Waals surface area contributed by atoms with Gasteiger partial charge in [0.1, 0.15) is 18.2 Å². The van der Waals surface area contributed by atoms with E-state index < -0.39 is 0 Å². The van der Waals surface area contributed by atoms with Crippen molar-refractivity contribution >= 4 is 5.91 Å². The number of carbonyl (C=O) groups excluding carboxylic acids is 1. The number of amides is 1. The molecule has 1 fully saturated rings. The van der Waals surface area contributed by atoms with E-state index in [9.17, 15) is 9.18 Å². The van der Waals surface area contributed by atoms with E-state index in [0.717, 1.165) is 24.9 Å². The SMILES string of the molecule is C[C@H](N)[C@@H]1CCCN(C(=O)c2ccccc2OCc2ccc(F)cc2)C1. The van der Waals surface area contributed by atoms with Gasteiger partial charge in [-0.1, -0.05) is 24.3 Å². The van der Waals surface area contributed by atoms with E-state index in [1.807, 2.05) is 24.0 Å². The molecule has 0 bridgehead atoms. The van der Waals surface area contributed by atoms with Crippen molar-refractivity contribution in [3.8, 4) is 5.75 Å². The van der Waals surface area contributed by atoms with Crippen LogP contribution in [0.1, 0.15) is 35.7 Å². The molecule has 0 spiro atoms. The van der Waals surface area contributed by atoms with Gasteiger partial charge in [0.25, 0.3) is 5.91 Å². The van der Waals surface area contributed by atoms with Gasteiger partial charge in [0.2, 0.25) is 0 Å². The summed E-state index contributed by atoms with van der Waals surface area (Å²) < 4.78 is 18.9. The number of carbonyl (C=O) groups is 1. The number of piperidine rings is 1. The second-order valence-electron chi connectivity index (χ2n) is 6.92. The first-order valence-electron chi connectivity index (χ1n) is 9.05. The number of hydrogen-bond acceptors (Lipinski definition) is 3. The quantitative estimate of drug-likeness (QED) is 0.890. The lowest BCUT2D eigenvalue weighted by atomic mass is 9.92. The van der Waals surface area contributed by atoms with Gasteiger partial charge in [-0.25, -0.2) is 4.39 Å². The lowest BCUT2D eigenvalue weighted by molar-refractivity contribution is 0.0656. The maximum absolute atomic E-state index is 13.0. The Balaban J connectivity index is 1.71. The zero-order valence-corrected chi connectivity index (χ0v) is 15.0. The maximum Gasteiger partial charge on any atom is 0.257 e. The molecule has 0 saturated carbocycles. The average molecular weight is 356 g/mol. The monoisotopic (exact) mass is 356 g/mol. The Labute approximate surface area is 153 Å². The number of nitrogens with two attached hydrogens (primary N) is 1. The minimum atomic E-state index is -0.280. The standard InChI is InChI=1S/C21H25FN2O2/c1-15(23)17-5-4-12-24(13-17)21(25)19-6-2-3-7-20(19)26-14-16-8-10-18(22)11-9-16/h2-3,6-11,15,17H,4-5,12-14,23H2,1H3/t15-,17+/m0/s1. The summed E-state index contributed by atoms with van der Waals surface area (Å²) in [5, 5.41) is 0. The molecule has 3 rings (SSSR count). The first kappa shape index (κ1) is 18.4. The number of rotatable bonds is 5. The van der Waals surface area contributed by atoms with Gasteiger partial charge in [0.05, 0.1) is 5.56 Å². The van der Waals surface area contributed by atoms with Gasteiger partial charge < -0.3 is 15.4 Å². The van der Waals surface area contributed by atoms with Gasteiger partial charge in [0.15, 0.2) is 0 Å². The zero-order chi connectivity index (χ0) is 18.5. The Morgan fingerprint density at radius 1 is 1.27 bits per heavy atom. The molecule has 0 radical (unpaired) electrons. The van der Waals surface area contributed by atoms with Crippen molar-refractivity contribution < 1.29 is 13.9 Å². The summed E-state index contributed by atoms with van der Waals surface area (Å²) in [6.07, 6.45) is 2.03. The van der Waals surface area contributed by atoms with Crippen molar-refractivity contribution in [1.82, 2.24) is 4.90 Å². The summed E-state index contributed by atoms with van der Waals surface area (Å²) in [4.78, 5) is 14.9. The molecule has 138 valence electrons. The summed E-state index contributed by atoms with van der Waals surface area (Å²) in [6.45, 7) is 3.71. The zero-order valence-electron chi connectivity index (χ0n) is 15.0. The highest BCUT2D eigenvalue weighted by molar-refractivity contribution is 5.97. The highest BCUT2D eigenvalue weighted by Crippen LogP contribution is 2.25. The number of halogens is 1. The molecule has 1 heterocycles. The Kier molecular flexibility index (Phi) is 5.89. The molecule has 2 N–H and O–H groups in total. The predicted octanol–water partition coefficient (Wildman–Crippen LogP) is 3.60. The molecule has 1 amide bonds. The van der Waals surface area contributed by atoms with E-state index in [0.29, 0.717) is 23.8 Å². The number of para-hydroxylation sites is 1. The number of hydrogen-bond donors (Lipinski definition) is 1. The fourth-order valence-corrected chi connectivity index (χ4v) is 3.30. The average Bonchev–Trinajstić information content (AvgIpc) is 2.67. The number of ether oxygens (including phenoxy) is 1. The van der Waals surface area contributed by atoms with Crippen LogP contribution in [0, 0.1) is 11.7 Å². The van der Waals surface area contributed by atoms with Crippen LogP contribution in [0.5, 0.6) is 5.75 Å². The van der Waals surface area contributed by atoms with Crippen LogP contribution in [0.3, 0.4) is 0 Å². The third-order valence-corrected chi connectivity index (χ3v) is 4.91. The first-order valence-corrected chi connectivity index (χ1v) is 9.05. The fourth-order valence-electron chi connectivity index (χ4n) is 3.30. The molecule has 4 nitrogen and oxygen atoms in total. The second kappa shape index (κ2) is 8.32. The Morgan fingerprint density at radius 3 is 2.73 bits per heavy atom. The topological polar surface area (TPSA) is 55.6 Å². The van der Waals surface area contributed by atoms with Gasteiger partial charge in [-0.3, -0.25) is 4.79 Å². The third kappa shape index (κ3) is 4.41. The van der Waals surface area contributed by atoms with Gasteiger partial charge in [-0.05, 0) is 55.5 Å². The summed E-state index contributed by atoms with van der Waals surface area (Å²) >= 11 is 0. The van der Waals surface area contributed by atoms with Crippen LogP contribution < -0.4 is 10.5 Å². The minimum absolute atomic E-state index is 0.0231. The van der Waals surface area contributed by atoms with Gasteiger partial charge in [0, 0.05) is 19.1 Å². The molecule has 26 heavy (non-hydrogen) atoms. The van der Waals surface area contributed by atoms with Crippen molar-refractivity contribution in [3.63, 3.8) is 0 Å². The largest absolute Gasteiger partial charge is 0.488 e. The van der Waals surface area contributed by atoms with E-state index in [1.54, 1.807) is 24.3 Å². The van der Waals surface area contributed by atoms with Crippen LogP contribution in [0.4, 0.5) is 4.39 Å². The number of benzene rings is 2. The molecule has 1 aliphatic rings. The molecular formula is C21H25FN2O2. The molecule has 0 aliphatic carbocycles. The van der Waals surface area contributed by atoms with Crippen LogP contribution in [-0.4, -0.2) is 29.9 Å². The van der Waals surface area contributed by atoms with Crippen LogP contribution in [0.2, 0.25) is 0 Å². The van der Waals surface area contributed by atoms with Crippen LogP contribution in [0.25, 0.3) is 0 Å².